The maximum atomic E-state index is 10.4. The van der Waals surface area contributed by atoms with Gasteiger partial charge in [0.05, 0.1) is 19.8 Å². The van der Waals surface area contributed by atoms with Crippen LogP contribution < -0.4 is 15.4 Å². The van der Waals surface area contributed by atoms with Crippen LogP contribution in [-0.4, -0.2) is 64.2 Å². The van der Waals surface area contributed by atoms with Gasteiger partial charge in [0, 0.05) is 39.5 Å². The fraction of sp³-hybridized carbons (Fsp3) is 0.667. The molecule has 0 radical (unpaired) electrons. The van der Waals surface area contributed by atoms with Crippen LogP contribution in [-0.2, 0) is 9.47 Å². The van der Waals surface area contributed by atoms with Gasteiger partial charge in [-0.2, -0.15) is 0 Å². The van der Waals surface area contributed by atoms with Gasteiger partial charge in [0.15, 0.2) is 5.96 Å². The second-order valence-corrected chi connectivity index (χ2v) is 6.92. The average molecular weight is 394 g/mol. The third-order valence-electron chi connectivity index (χ3n) is 4.70. The Labute approximate surface area is 168 Å². The zero-order valence-electron chi connectivity index (χ0n) is 17.2. The second-order valence-electron chi connectivity index (χ2n) is 6.92. The molecule has 28 heavy (non-hydrogen) atoms. The van der Waals surface area contributed by atoms with E-state index in [0.29, 0.717) is 11.9 Å². The van der Waals surface area contributed by atoms with Gasteiger partial charge in [0.2, 0.25) is 0 Å². The second kappa shape index (κ2) is 13.4. The molecule has 1 aromatic rings. The number of ether oxygens (including phenoxy) is 3. The van der Waals surface area contributed by atoms with Crippen molar-refractivity contribution >= 4 is 5.96 Å². The molecule has 0 saturated carbocycles. The normalized spacial score (nSPS) is 16.6. The molecule has 1 heterocycles. The molecule has 1 unspecified atom stereocenters. The number of aliphatic hydroxyl groups is 1. The third-order valence-corrected chi connectivity index (χ3v) is 4.70. The smallest absolute Gasteiger partial charge is 0.191 e. The van der Waals surface area contributed by atoms with Gasteiger partial charge in [0.25, 0.3) is 0 Å². The van der Waals surface area contributed by atoms with Crippen LogP contribution in [0.1, 0.15) is 37.9 Å². The van der Waals surface area contributed by atoms with Gasteiger partial charge in [-0.15, -0.1) is 0 Å². The fourth-order valence-electron chi connectivity index (χ4n) is 3.02. The van der Waals surface area contributed by atoms with Crippen LogP contribution in [0, 0.1) is 5.92 Å². The lowest BCUT2D eigenvalue weighted by molar-refractivity contribution is 0.0203. The molecule has 1 aliphatic heterocycles. The first-order valence-electron chi connectivity index (χ1n) is 10.2. The van der Waals surface area contributed by atoms with Gasteiger partial charge < -0.3 is 30.0 Å². The number of aliphatic hydroxyl groups excluding tert-OH is 1. The highest BCUT2D eigenvalue weighted by Crippen LogP contribution is 2.19. The first-order chi connectivity index (χ1) is 13.7. The number of hydrogen-bond acceptors (Lipinski definition) is 5. The van der Waals surface area contributed by atoms with E-state index in [1.807, 2.05) is 31.2 Å². The Morgan fingerprint density at radius 3 is 2.89 bits per heavy atom. The van der Waals surface area contributed by atoms with E-state index in [4.69, 9.17) is 14.2 Å². The molecule has 158 valence electrons. The first-order valence-corrected chi connectivity index (χ1v) is 10.2. The Bertz CT molecular complexity index is 577. The lowest BCUT2D eigenvalue weighted by atomic mass is 10.0. The third kappa shape index (κ3) is 8.46. The highest BCUT2D eigenvalue weighted by molar-refractivity contribution is 5.79. The molecule has 0 spiro atoms. The monoisotopic (exact) mass is 393 g/mol. The maximum Gasteiger partial charge on any atom is 0.191 e. The number of aliphatic imine (C=N–C) groups is 1. The van der Waals surface area contributed by atoms with Gasteiger partial charge in [-0.05, 0) is 49.8 Å². The summed E-state index contributed by atoms with van der Waals surface area (Å²) < 4.78 is 16.4. The number of nitrogens with zero attached hydrogens (tertiary/aromatic N) is 1. The Morgan fingerprint density at radius 1 is 1.32 bits per heavy atom. The highest BCUT2D eigenvalue weighted by Gasteiger charge is 2.13. The van der Waals surface area contributed by atoms with E-state index in [2.05, 4.69) is 15.6 Å². The Kier molecular flexibility index (Phi) is 10.7. The molecule has 0 aliphatic carbocycles. The molecule has 1 aliphatic rings. The summed E-state index contributed by atoms with van der Waals surface area (Å²) >= 11 is 0. The SMILES string of the molecule is CCNC(=NCC(O)c1cccc(OC)c1)NCCCOCC1CCOCC1. The van der Waals surface area contributed by atoms with Crippen molar-refractivity contribution in [3.8, 4) is 5.75 Å². The van der Waals surface area contributed by atoms with Crippen molar-refractivity contribution in [3.63, 3.8) is 0 Å². The highest BCUT2D eigenvalue weighted by atomic mass is 16.5. The topological polar surface area (TPSA) is 84.3 Å². The summed E-state index contributed by atoms with van der Waals surface area (Å²) in [5.41, 5.74) is 0.792. The average Bonchev–Trinajstić information content (AvgIpc) is 2.74. The first kappa shape index (κ1) is 22.5. The van der Waals surface area contributed by atoms with E-state index in [0.717, 1.165) is 70.1 Å². The van der Waals surface area contributed by atoms with Crippen molar-refractivity contribution in [1.29, 1.82) is 0 Å². The molecule has 7 nitrogen and oxygen atoms in total. The number of benzene rings is 1. The molecule has 7 heteroatoms. The van der Waals surface area contributed by atoms with E-state index in [9.17, 15) is 5.11 Å². The Morgan fingerprint density at radius 2 is 2.14 bits per heavy atom. The molecule has 0 bridgehead atoms. The summed E-state index contributed by atoms with van der Waals surface area (Å²) in [6.07, 6.45) is 2.44. The van der Waals surface area contributed by atoms with E-state index >= 15 is 0 Å². The van der Waals surface area contributed by atoms with Crippen LogP contribution in [0.4, 0.5) is 0 Å². The van der Waals surface area contributed by atoms with Crippen molar-refractivity contribution in [3.05, 3.63) is 29.8 Å². The number of rotatable bonds is 11. The van der Waals surface area contributed by atoms with Gasteiger partial charge >= 0.3 is 0 Å². The largest absolute Gasteiger partial charge is 0.497 e. The van der Waals surface area contributed by atoms with Gasteiger partial charge in [-0.3, -0.25) is 4.99 Å². The summed E-state index contributed by atoms with van der Waals surface area (Å²) in [5, 5.41) is 16.9. The quantitative estimate of drug-likeness (QED) is 0.303. The Balaban J connectivity index is 1.67. The van der Waals surface area contributed by atoms with E-state index in [1.165, 1.54) is 0 Å². The zero-order chi connectivity index (χ0) is 20.0. The lowest BCUT2D eigenvalue weighted by Crippen LogP contribution is -2.38. The minimum absolute atomic E-state index is 0.281. The minimum Gasteiger partial charge on any atom is -0.497 e. The van der Waals surface area contributed by atoms with Crippen LogP contribution in [0.5, 0.6) is 5.75 Å². The van der Waals surface area contributed by atoms with Gasteiger partial charge in [0.1, 0.15) is 5.75 Å². The van der Waals surface area contributed by atoms with Crippen LogP contribution in [0.2, 0.25) is 0 Å². The molecule has 3 N–H and O–H groups in total. The van der Waals surface area contributed by atoms with Crippen LogP contribution in [0.15, 0.2) is 29.3 Å². The molecule has 0 aromatic heterocycles. The predicted octanol–water partition coefficient (Wildman–Crippen LogP) is 2.12. The number of guanidine groups is 1. The van der Waals surface area contributed by atoms with Gasteiger partial charge in [-0.1, -0.05) is 12.1 Å². The molecular weight excluding hydrogens is 358 g/mol. The number of methoxy groups -OCH3 is 1. The summed E-state index contributed by atoms with van der Waals surface area (Å²) in [4.78, 5) is 4.49. The van der Waals surface area contributed by atoms with Crippen molar-refractivity contribution < 1.29 is 19.3 Å². The molecule has 2 rings (SSSR count). The summed E-state index contributed by atoms with van der Waals surface area (Å²) in [6, 6.07) is 7.43. The standard InChI is InChI=1S/C21H35N3O4/c1-3-22-21(23-10-5-11-28-16-17-8-12-27-13-9-17)24-15-20(25)18-6-4-7-19(14-18)26-2/h4,6-7,14,17,20,25H,3,5,8-13,15-16H2,1-2H3,(H2,22,23,24). The molecule has 0 amide bonds. The molecule has 1 fully saturated rings. The van der Waals surface area contributed by atoms with E-state index in [1.54, 1.807) is 7.11 Å². The molecule has 1 aromatic carbocycles. The predicted molar refractivity (Wildman–Crippen MR) is 111 cm³/mol. The van der Waals surface area contributed by atoms with Crippen molar-refractivity contribution in [1.82, 2.24) is 10.6 Å². The van der Waals surface area contributed by atoms with Crippen molar-refractivity contribution in [2.45, 2.75) is 32.3 Å². The zero-order valence-corrected chi connectivity index (χ0v) is 17.2. The van der Waals surface area contributed by atoms with E-state index in [-0.39, 0.29) is 6.54 Å². The maximum absolute atomic E-state index is 10.4. The van der Waals surface area contributed by atoms with Gasteiger partial charge in [-0.25, -0.2) is 0 Å². The number of nitrogens with one attached hydrogen (secondary N) is 2. The van der Waals surface area contributed by atoms with E-state index < -0.39 is 6.10 Å². The van der Waals surface area contributed by atoms with Crippen molar-refractivity contribution in [2.75, 3.05) is 53.2 Å². The summed E-state index contributed by atoms with van der Waals surface area (Å²) in [6.45, 7) is 7.12. The lowest BCUT2D eigenvalue weighted by Gasteiger charge is -2.21. The molecular formula is C21H35N3O4. The van der Waals surface area contributed by atoms with Crippen LogP contribution in [0.25, 0.3) is 0 Å². The summed E-state index contributed by atoms with van der Waals surface area (Å²) in [5.74, 6) is 2.07. The van der Waals surface area contributed by atoms with Crippen LogP contribution in [0.3, 0.4) is 0 Å². The Hall–Kier alpha value is -1.83. The molecule has 1 saturated heterocycles. The van der Waals surface area contributed by atoms with Crippen LogP contribution >= 0.6 is 0 Å². The summed E-state index contributed by atoms with van der Waals surface area (Å²) in [7, 11) is 1.62. The number of hydrogen-bond donors (Lipinski definition) is 3. The minimum atomic E-state index is -0.673. The molecule has 1 atom stereocenters. The fourth-order valence-corrected chi connectivity index (χ4v) is 3.02. The van der Waals surface area contributed by atoms with Crippen molar-refractivity contribution in [2.24, 2.45) is 10.9 Å².